The lowest BCUT2D eigenvalue weighted by Crippen LogP contribution is -1.87. The summed E-state index contributed by atoms with van der Waals surface area (Å²) in [5, 5.41) is 11.2. The summed E-state index contributed by atoms with van der Waals surface area (Å²) in [4.78, 5) is 0. The molecule has 0 amide bonds. The number of nitrogens with zero attached hydrogens (tertiary/aromatic N) is 1. The van der Waals surface area contributed by atoms with Gasteiger partial charge in [0.2, 0.25) is 0 Å². The summed E-state index contributed by atoms with van der Waals surface area (Å²) in [6.07, 6.45) is 1.34. The lowest BCUT2D eigenvalue weighted by molar-refractivity contribution is 0.322. The van der Waals surface area contributed by atoms with Gasteiger partial charge in [-0.15, -0.1) is 0 Å². The Morgan fingerprint density at radius 1 is 1.58 bits per heavy atom. The summed E-state index contributed by atoms with van der Waals surface area (Å²) >= 11 is 3.31. The fourth-order valence-corrected chi connectivity index (χ4v) is 1.23. The summed E-state index contributed by atoms with van der Waals surface area (Å²) in [6.45, 7) is 0. The number of hydrogen-bond acceptors (Lipinski definition) is 3. The van der Waals surface area contributed by atoms with Crippen molar-refractivity contribution in [3.05, 3.63) is 28.2 Å². The van der Waals surface area contributed by atoms with Crippen LogP contribution in [0.1, 0.15) is 5.56 Å². The van der Waals surface area contributed by atoms with Crippen LogP contribution in [0.4, 0.5) is 0 Å². The Labute approximate surface area is 78.8 Å². The highest BCUT2D eigenvalue weighted by atomic mass is 79.9. The van der Waals surface area contributed by atoms with E-state index >= 15 is 0 Å². The van der Waals surface area contributed by atoms with E-state index in [1.807, 2.05) is 12.1 Å². The molecule has 64 valence electrons. The van der Waals surface area contributed by atoms with Gasteiger partial charge in [-0.1, -0.05) is 11.2 Å². The van der Waals surface area contributed by atoms with Gasteiger partial charge in [0.05, 0.1) is 17.8 Å². The van der Waals surface area contributed by atoms with Gasteiger partial charge in [-0.25, -0.2) is 0 Å². The molecule has 1 aromatic rings. The molecule has 0 radical (unpaired) electrons. The lowest BCUT2D eigenvalue weighted by Gasteiger charge is -2.02. The van der Waals surface area contributed by atoms with Crippen LogP contribution in [0, 0.1) is 0 Å². The maximum Gasteiger partial charge on any atom is 0.133 e. The quantitative estimate of drug-likeness (QED) is 0.481. The summed E-state index contributed by atoms with van der Waals surface area (Å²) in [6, 6.07) is 5.41. The smallest absolute Gasteiger partial charge is 0.133 e. The zero-order chi connectivity index (χ0) is 8.97. The number of hydrogen-bond donors (Lipinski definition) is 1. The van der Waals surface area contributed by atoms with Gasteiger partial charge in [-0.2, -0.15) is 0 Å². The number of halogens is 1. The summed E-state index contributed by atoms with van der Waals surface area (Å²) in [5.74, 6) is 0.715. The molecule has 0 bridgehead atoms. The molecule has 0 fully saturated rings. The van der Waals surface area contributed by atoms with E-state index in [-0.39, 0.29) is 0 Å². The average Bonchev–Trinajstić information content (AvgIpc) is 2.09. The van der Waals surface area contributed by atoms with Crippen LogP contribution in [0.3, 0.4) is 0 Å². The summed E-state index contributed by atoms with van der Waals surface area (Å²) in [5.41, 5.74) is 0.789. The average molecular weight is 230 g/mol. The Morgan fingerprint density at radius 3 is 2.92 bits per heavy atom. The van der Waals surface area contributed by atoms with Crippen molar-refractivity contribution >= 4 is 22.1 Å². The minimum Gasteiger partial charge on any atom is -0.496 e. The van der Waals surface area contributed by atoms with E-state index < -0.39 is 0 Å². The number of ether oxygens (including phenoxy) is 1. The molecule has 4 heteroatoms. The molecule has 0 saturated heterocycles. The number of rotatable bonds is 2. The molecule has 0 aliphatic rings. The van der Waals surface area contributed by atoms with Crippen LogP contribution in [-0.2, 0) is 0 Å². The first-order chi connectivity index (χ1) is 5.77. The first kappa shape index (κ1) is 9.06. The van der Waals surface area contributed by atoms with Crippen molar-refractivity contribution < 1.29 is 9.94 Å². The predicted octanol–water partition coefficient (Wildman–Crippen LogP) is 2.27. The molecule has 1 aromatic carbocycles. The number of oxime groups is 1. The van der Waals surface area contributed by atoms with Gasteiger partial charge in [-0.05, 0) is 33.6 Å². The standard InChI is InChI=1S/C8H8BrNO2/c1-12-8-4-6(5-10-11)2-3-7(8)9/h2-5,11H,1H3. The molecule has 12 heavy (non-hydrogen) atoms. The van der Waals surface area contributed by atoms with Gasteiger partial charge in [0.25, 0.3) is 0 Å². The number of benzene rings is 1. The second-order valence-electron chi connectivity index (χ2n) is 2.14. The molecule has 1 N–H and O–H groups in total. The van der Waals surface area contributed by atoms with Crippen LogP contribution in [0.5, 0.6) is 5.75 Å². The van der Waals surface area contributed by atoms with E-state index in [1.165, 1.54) is 6.21 Å². The van der Waals surface area contributed by atoms with Crippen molar-refractivity contribution in [2.45, 2.75) is 0 Å². The van der Waals surface area contributed by atoms with Crippen LogP contribution in [0.2, 0.25) is 0 Å². The SMILES string of the molecule is COc1cc(C=NO)ccc1Br. The van der Waals surface area contributed by atoms with Crippen LogP contribution < -0.4 is 4.74 Å². The zero-order valence-electron chi connectivity index (χ0n) is 6.49. The largest absolute Gasteiger partial charge is 0.496 e. The number of methoxy groups -OCH3 is 1. The van der Waals surface area contributed by atoms with Crippen LogP contribution in [-0.4, -0.2) is 18.5 Å². The van der Waals surface area contributed by atoms with Gasteiger partial charge in [0, 0.05) is 0 Å². The highest BCUT2D eigenvalue weighted by molar-refractivity contribution is 9.10. The van der Waals surface area contributed by atoms with Crippen molar-refractivity contribution in [2.24, 2.45) is 5.16 Å². The first-order valence-corrected chi connectivity index (χ1v) is 4.08. The monoisotopic (exact) mass is 229 g/mol. The second-order valence-corrected chi connectivity index (χ2v) is 2.99. The lowest BCUT2D eigenvalue weighted by atomic mass is 10.2. The van der Waals surface area contributed by atoms with E-state index in [0.717, 1.165) is 10.0 Å². The van der Waals surface area contributed by atoms with Crippen molar-refractivity contribution in [3.8, 4) is 5.75 Å². The Hall–Kier alpha value is -1.03. The summed E-state index contributed by atoms with van der Waals surface area (Å²) < 4.78 is 5.92. The third kappa shape index (κ3) is 1.98. The molecule has 0 aromatic heterocycles. The maximum atomic E-state index is 8.27. The van der Waals surface area contributed by atoms with Gasteiger partial charge in [-0.3, -0.25) is 0 Å². The molecule has 0 spiro atoms. The topological polar surface area (TPSA) is 41.8 Å². The van der Waals surface area contributed by atoms with Crippen molar-refractivity contribution in [1.29, 1.82) is 0 Å². The molecule has 0 atom stereocenters. The Bertz CT molecular complexity index is 299. The molecule has 0 heterocycles. The van der Waals surface area contributed by atoms with Crippen LogP contribution >= 0.6 is 15.9 Å². The molecule has 0 saturated carbocycles. The minimum atomic E-state index is 0.715. The van der Waals surface area contributed by atoms with E-state index in [1.54, 1.807) is 13.2 Å². The fraction of sp³-hybridized carbons (Fsp3) is 0.125. The van der Waals surface area contributed by atoms with E-state index in [9.17, 15) is 0 Å². The summed E-state index contributed by atoms with van der Waals surface area (Å²) in [7, 11) is 1.58. The Kier molecular flexibility index (Phi) is 3.10. The second kappa shape index (κ2) is 4.11. The van der Waals surface area contributed by atoms with E-state index in [0.29, 0.717) is 5.75 Å². The predicted molar refractivity (Wildman–Crippen MR) is 50.1 cm³/mol. The normalized spacial score (nSPS) is 10.5. The third-order valence-corrected chi connectivity index (χ3v) is 2.04. The van der Waals surface area contributed by atoms with Gasteiger partial charge in [0.15, 0.2) is 0 Å². The van der Waals surface area contributed by atoms with E-state index in [4.69, 9.17) is 9.94 Å². The van der Waals surface area contributed by atoms with Crippen molar-refractivity contribution in [1.82, 2.24) is 0 Å². The van der Waals surface area contributed by atoms with Gasteiger partial charge >= 0.3 is 0 Å². The van der Waals surface area contributed by atoms with E-state index in [2.05, 4.69) is 21.1 Å². The van der Waals surface area contributed by atoms with Crippen LogP contribution in [0.15, 0.2) is 27.8 Å². The van der Waals surface area contributed by atoms with Crippen molar-refractivity contribution in [2.75, 3.05) is 7.11 Å². The maximum absolute atomic E-state index is 8.27. The molecule has 3 nitrogen and oxygen atoms in total. The van der Waals surface area contributed by atoms with Crippen LogP contribution in [0.25, 0.3) is 0 Å². The Balaban J connectivity index is 3.05. The van der Waals surface area contributed by atoms with Gasteiger partial charge < -0.3 is 9.94 Å². The first-order valence-electron chi connectivity index (χ1n) is 3.29. The minimum absolute atomic E-state index is 0.715. The zero-order valence-corrected chi connectivity index (χ0v) is 8.08. The molecule has 1 rings (SSSR count). The molecule has 0 aliphatic heterocycles. The Morgan fingerprint density at radius 2 is 2.33 bits per heavy atom. The molecular formula is C8H8BrNO2. The van der Waals surface area contributed by atoms with Crippen molar-refractivity contribution in [3.63, 3.8) is 0 Å². The fourth-order valence-electron chi connectivity index (χ4n) is 0.823. The highest BCUT2D eigenvalue weighted by Gasteiger charge is 1.99. The van der Waals surface area contributed by atoms with Gasteiger partial charge in [0.1, 0.15) is 5.75 Å². The highest BCUT2D eigenvalue weighted by Crippen LogP contribution is 2.24. The third-order valence-electron chi connectivity index (χ3n) is 1.38. The molecule has 0 aliphatic carbocycles. The molecular weight excluding hydrogens is 222 g/mol. The molecule has 0 unspecified atom stereocenters.